The fraction of sp³-hybridized carbons (Fsp3) is 0.455. The quantitative estimate of drug-likeness (QED) is 0.492. The Bertz CT molecular complexity index is 433. The molecule has 0 aliphatic heterocycles. The molecule has 0 saturated carbocycles. The summed E-state index contributed by atoms with van der Waals surface area (Å²) in [4.78, 5) is 2.28. The van der Waals surface area contributed by atoms with Crippen LogP contribution in [0.5, 0.6) is 0 Å². The number of alkyl halides is 3. The molecule has 0 bridgehead atoms. The van der Waals surface area contributed by atoms with Gasteiger partial charge in [-0.05, 0) is 11.1 Å². The third-order valence-corrected chi connectivity index (χ3v) is 2.30. The lowest BCUT2D eigenvalue weighted by atomic mass is 10.2. The maximum Gasteiger partial charge on any atom is 0.414 e. The highest BCUT2D eigenvalue weighted by Crippen LogP contribution is 2.24. The second-order valence-electron chi connectivity index (χ2n) is 3.76. The number of halogens is 3. The minimum Gasteiger partial charge on any atom is -0.383 e. The van der Waals surface area contributed by atoms with Crippen LogP contribution < -0.4 is 0 Å². The van der Waals surface area contributed by atoms with E-state index in [0.29, 0.717) is 0 Å². The van der Waals surface area contributed by atoms with Gasteiger partial charge >= 0.3 is 6.18 Å². The summed E-state index contributed by atoms with van der Waals surface area (Å²) in [7, 11) is 0. The van der Waals surface area contributed by atoms with Gasteiger partial charge in [0.15, 0.2) is 6.10 Å². The minimum absolute atomic E-state index is 0.0723. The van der Waals surface area contributed by atoms with Crippen LogP contribution in [0.15, 0.2) is 35.4 Å². The van der Waals surface area contributed by atoms with Gasteiger partial charge < -0.3 is 9.84 Å². The molecule has 0 unspecified atom stereocenters. The maximum atomic E-state index is 12.3. The maximum absolute atomic E-state index is 12.3. The SMILES string of the molecule is [N-]=[N+]=N[C@@H](COCc1ccccc1)[C@H](O)C(F)(F)F. The fourth-order valence-electron chi connectivity index (χ4n) is 1.34. The highest BCUT2D eigenvalue weighted by Gasteiger charge is 2.43. The van der Waals surface area contributed by atoms with Crippen molar-refractivity contribution in [2.75, 3.05) is 6.61 Å². The largest absolute Gasteiger partial charge is 0.414 e. The second kappa shape index (κ2) is 6.98. The highest BCUT2D eigenvalue weighted by atomic mass is 19.4. The number of ether oxygens (including phenoxy) is 1. The smallest absolute Gasteiger partial charge is 0.383 e. The van der Waals surface area contributed by atoms with Gasteiger partial charge in [-0.3, -0.25) is 0 Å². The van der Waals surface area contributed by atoms with Crippen molar-refractivity contribution in [2.45, 2.75) is 24.9 Å². The third kappa shape index (κ3) is 5.17. The van der Waals surface area contributed by atoms with Crippen molar-refractivity contribution in [1.29, 1.82) is 0 Å². The topological polar surface area (TPSA) is 78.2 Å². The molecule has 0 radical (unpaired) electrons. The molecule has 2 atom stereocenters. The number of hydrogen-bond acceptors (Lipinski definition) is 3. The minimum atomic E-state index is -4.85. The van der Waals surface area contributed by atoms with Gasteiger partial charge in [-0.15, -0.1) is 0 Å². The molecule has 0 aromatic heterocycles. The van der Waals surface area contributed by atoms with E-state index in [0.717, 1.165) is 5.56 Å². The molecule has 1 rings (SSSR count). The van der Waals surface area contributed by atoms with E-state index in [1.165, 1.54) is 0 Å². The number of azide groups is 1. The standard InChI is InChI=1S/C11H12F3N3O2/c12-11(13,14)10(18)9(16-17-15)7-19-6-8-4-2-1-3-5-8/h1-5,9-10,18H,6-7H2/t9-,10-/m0/s1. The zero-order valence-corrected chi connectivity index (χ0v) is 9.79. The molecule has 1 aromatic rings. The van der Waals surface area contributed by atoms with Gasteiger partial charge in [0, 0.05) is 4.91 Å². The van der Waals surface area contributed by atoms with Gasteiger partial charge in [0.2, 0.25) is 0 Å². The lowest BCUT2D eigenvalue weighted by Gasteiger charge is -2.20. The first kappa shape index (κ1) is 15.3. The summed E-state index contributed by atoms with van der Waals surface area (Å²) in [6.45, 7) is -0.442. The molecule has 104 valence electrons. The van der Waals surface area contributed by atoms with E-state index < -0.39 is 24.9 Å². The third-order valence-electron chi connectivity index (χ3n) is 2.30. The lowest BCUT2D eigenvalue weighted by molar-refractivity contribution is -0.213. The molecule has 0 spiro atoms. The van der Waals surface area contributed by atoms with E-state index in [-0.39, 0.29) is 6.61 Å². The van der Waals surface area contributed by atoms with Gasteiger partial charge in [0.1, 0.15) is 0 Å². The van der Waals surface area contributed by atoms with Crippen LogP contribution >= 0.6 is 0 Å². The molecular formula is C11H12F3N3O2. The van der Waals surface area contributed by atoms with Crippen molar-refractivity contribution in [3.63, 3.8) is 0 Å². The van der Waals surface area contributed by atoms with Crippen LogP contribution in [-0.4, -0.2) is 30.0 Å². The number of benzene rings is 1. The Morgan fingerprint density at radius 1 is 1.32 bits per heavy atom. The van der Waals surface area contributed by atoms with Crippen molar-refractivity contribution in [3.05, 3.63) is 46.3 Å². The Morgan fingerprint density at radius 2 is 1.95 bits per heavy atom. The van der Waals surface area contributed by atoms with Crippen molar-refractivity contribution in [2.24, 2.45) is 5.11 Å². The monoisotopic (exact) mass is 275 g/mol. The van der Waals surface area contributed by atoms with Gasteiger partial charge in [0.25, 0.3) is 0 Å². The molecule has 8 heteroatoms. The van der Waals surface area contributed by atoms with Crippen LogP contribution in [0.1, 0.15) is 5.56 Å². The number of aliphatic hydroxyl groups is 1. The van der Waals surface area contributed by atoms with E-state index in [2.05, 4.69) is 10.0 Å². The van der Waals surface area contributed by atoms with Crippen molar-refractivity contribution in [3.8, 4) is 0 Å². The van der Waals surface area contributed by atoms with Crippen molar-refractivity contribution < 1.29 is 23.0 Å². The summed E-state index contributed by atoms with van der Waals surface area (Å²) in [6, 6.07) is 7.08. The first-order chi connectivity index (χ1) is 8.95. The zero-order valence-electron chi connectivity index (χ0n) is 9.79. The van der Waals surface area contributed by atoms with Crippen LogP contribution in [-0.2, 0) is 11.3 Å². The molecule has 19 heavy (non-hydrogen) atoms. The van der Waals surface area contributed by atoms with E-state index in [4.69, 9.17) is 15.4 Å². The number of nitrogens with zero attached hydrogens (tertiary/aromatic N) is 3. The first-order valence-electron chi connectivity index (χ1n) is 5.36. The molecule has 0 aliphatic carbocycles. The predicted molar refractivity (Wildman–Crippen MR) is 61.1 cm³/mol. The normalized spacial score (nSPS) is 14.5. The number of aliphatic hydroxyl groups excluding tert-OH is 1. The Kier molecular flexibility index (Phi) is 5.62. The van der Waals surface area contributed by atoms with Crippen LogP contribution in [0.4, 0.5) is 13.2 Å². The predicted octanol–water partition coefficient (Wildman–Crippen LogP) is 2.81. The molecule has 5 nitrogen and oxygen atoms in total. The number of hydrogen-bond donors (Lipinski definition) is 1. The summed E-state index contributed by atoms with van der Waals surface area (Å²) in [5.41, 5.74) is 8.96. The lowest BCUT2D eigenvalue weighted by Crippen LogP contribution is -2.40. The van der Waals surface area contributed by atoms with Gasteiger partial charge in [-0.25, -0.2) is 0 Å². The summed E-state index contributed by atoms with van der Waals surface area (Å²) in [6.07, 6.45) is -7.59. The molecule has 0 saturated heterocycles. The second-order valence-corrected chi connectivity index (χ2v) is 3.76. The zero-order chi connectivity index (χ0) is 14.3. The number of rotatable bonds is 6. The van der Waals surface area contributed by atoms with E-state index >= 15 is 0 Å². The molecule has 0 heterocycles. The Morgan fingerprint density at radius 3 is 2.47 bits per heavy atom. The van der Waals surface area contributed by atoms with Crippen LogP contribution in [0, 0.1) is 0 Å². The Hall–Kier alpha value is -1.76. The van der Waals surface area contributed by atoms with Crippen LogP contribution in [0.3, 0.4) is 0 Å². The average molecular weight is 275 g/mol. The highest BCUT2D eigenvalue weighted by molar-refractivity contribution is 5.13. The van der Waals surface area contributed by atoms with E-state index in [1.807, 2.05) is 0 Å². The van der Waals surface area contributed by atoms with Crippen molar-refractivity contribution in [1.82, 2.24) is 0 Å². The fourth-order valence-corrected chi connectivity index (χ4v) is 1.34. The summed E-state index contributed by atoms with van der Waals surface area (Å²) < 4.78 is 41.9. The van der Waals surface area contributed by atoms with E-state index in [1.54, 1.807) is 30.3 Å². The van der Waals surface area contributed by atoms with Crippen molar-refractivity contribution >= 4 is 0 Å². The van der Waals surface area contributed by atoms with E-state index in [9.17, 15) is 13.2 Å². The first-order valence-corrected chi connectivity index (χ1v) is 5.36. The molecule has 1 aromatic carbocycles. The Balaban J connectivity index is 2.53. The van der Waals surface area contributed by atoms with Gasteiger partial charge in [0.05, 0.1) is 19.3 Å². The summed E-state index contributed by atoms with van der Waals surface area (Å²) >= 11 is 0. The molecular weight excluding hydrogens is 263 g/mol. The summed E-state index contributed by atoms with van der Waals surface area (Å²) in [5.74, 6) is 0. The van der Waals surface area contributed by atoms with Crippen LogP contribution in [0.2, 0.25) is 0 Å². The molecule has 0 fully saturated rings. The summed E-state index contributed by atoms with van der Waals surface area (Å²) in [5, 5.41) is 11.9. The molecule has 0 aliphatic rings. The van der Waals surface area contributed by atoms with Gasteiger partial charge in [-0.1, -0.05) is 35.4 Å². The molecule has 1 N–H and O–H groups in total. The Labute approximate surface area is 107 Å². The molecule has 0 amide bonds. The average Bonchev–Trinajstić information content (AvgIpc) is 2.37. The van der Waals surface area contributed by atoms with Crippen LogP contribution in [0.25, 0.3) is 10.4 Å². The van der Waals surface area contributed by atoms with Gasteiger partial charge in [-0.2, -0.15) is 13.2 Å².